The maximum Gasteiger partial charge on any atom is 0.165 e. The van der Waals surface area contributed by atoms with Gasteiger partial charge in [-0.1, -0.05) is 33.8 Å². The van der Waals surface area contributed by atoms with E-state index in [-0.39, 0.29) is 10.8 Å². The molecule has 0 spiro atoms. The number of hydrogen-bond acceptors (Lipinski definition) is 1. The minimum absolute atomic E-state index is 0.0708. The maximum absolute atomic E-state index is 12.2. The molecule has 1 heteroatoms. The summed E-state index contributed by atoms with van der Waals surface area (Å²) in [5.41, 5.74) is 1.25. The van der Waals surface area contributed by atoms with Crippen molar-refractivity contribution in [3.8, 4) is 0 Å². The van der Waals surface area contributed by atoms with Crippen molar-refractivity contribution >= 4 is 5.78 Å². The molecule has 2 bridgehead atoms. The van der Waals surface area contributed by atoms with Crippen LogP contribution in [0.15, 0.2) is 11.6 Å². The van der Waals surface area contributed by atoms with Gasteiger partial charge in [0.25, 0.3) is 0 Å². The Morgan fingerprint density at radius 1 is 1.43 bits per heavy atom. The molecule has 0 radical (unpaired) electrons. The highest BCUT2D eigenvalue weighted by atomic mass is 16.1. The van der Waals surface area contributed by atoms with Crippen molar-refractivity contribution in [3.63, 3.8) is 0 Å². The van der Waals surface area contributed by atoms with E-state index in [1.165, 1.54) is 6.42 Å². The number of rotatable bonds is 1. The Kier molecular flexibility index (Phi) is 1.93. The topological polar surface area (TPSA) is 17.1 Å². The van der Waals surface area contributed by atoms with Crippen LogP contribution in [0.2, 0.25) is 0 Å². The summed E-state index contributed by atoms with van der Waals surface area (Å²) >= 11 is 0. The highest BCUT2D eigenvalue weighted by Crippen LogP contribution is 2.65. The van der Waals surface area contributed by atoms with Gasteiger partial charge in [0.2, 0.25) is 0 Å². The first-order valence-electron chi connectivity index (χ1n) is 5.70. The van der Waals surface area contributed by atoms with Crippen molar-refractivity contribution in [2.24, 2.45) is 16.7 Å². The highest BCUT2D eigenvalue weighted by Gasteiger charge is 2.63. The second-order valence-corrected chi connectivity index (χ2v) is 5.54. The molecule has 0 saturated heterocycles. The number of allylic oxidation sites excluding steroid dienone is 2. The first kappa shape index (κ1) is 9.95. The molecule has 0 aromatic rings. The van der Waals surface area contributed by atoms with E-state index >= 15 is 0 Å². The number of carbonyl (C=O) groups excluding carboxylic acids is 1. The van der Waals surface area contributed by atoms with Gasteiger partial charge in [-0.3, -0.25) is 4.79 Å². The van der Waals surface area contributed by atoms with E-state index in [0.717, 1.165) is 18.4 Å². The third-order valence-corrected chi connectivity index (χ3v) is 4.79. The molecular weight excluding hydrogens is 172 g/mol. The van der Waals surface area contributed by atoms with Crippen LogP contribution in [-0.4, -0.2) is 5.78 Å². The minimum Gasteiger partial charge on any atom is -0.294 e. The molecule has 2 saturated carbocycles. The number of fused-ring (bicyclic) bond motifs is 2. The van der Waals surface area contributed by atoms with E-state index in [2.05, 4.69) is 33.8 Å². The molecular formula is C13H20O. The fraction of sp³-hybridized carbons (Fsp3) is 0.769. The molecule has 2 fully saturated rings. The molecule has 2 aliphatic rings. The Hall–Kier alpha value is -0.590. The quantitative estimate of drug-likeness (QED) is 0.582. The van der Waals surface area contributed by atoms with Gasteiger partial charge in [0.1, 0.15) is 0 Å². The highest BCUT2D eigenvalue weighted by molar-refractivity contribution is 6.04. The predicted octanol–water partition coefficient (Wildman–Crippen LogP) is 3.35. The summed E-state index contributed by atoms with van der Waals surface area (Å²) in [7, 11) is 0. The standard InChI is InChI=1S/C13H20O/c1-5-6-9-10-7-8-13(4,11(9)14)12(10,2)3/h6,10H,5,7-8H2,1-4H3/b9-6-/t10-,13+/m1/s1. The van der Waals surface area contributed by atoms with Gasteiger partial charge in [0.05, 0.1) is 0 Å². The second-order valence-electron chi connectivity index (χ2n) is 5.54. The molecule has 0 aromatic carbocycles. The lowest BCUT2D eigenvalue weighted by Gasteiger charge is -2.31. The molecule has 0 aromatic heterocycles. The average molecular weight is 192 g/mol. The Labute approximate surface area is 86.6 Å². The molecule has 1 nitrogen and oxygen atoms in total. The summed E-state index contributed by atoms with van der Waals surface area (Å²) in [5, 5.41) is 0. The average Bonchev–Trinajstić information content (AvgIpc) is 2.41. The maximum atomic E-state index is 12.2. The van der Waals surface area contributed by atoms with Gasteiger partial charge in [0, 0.05) is 5.41 Å². The molecule has 0 heterocycles. The summed E-state index contributed by atoms with van der Waals surface area (Å²) in [6.07, 6.45) is 5.44. The summed E-state index contributed by atoms with van der Waals surface area (Å²) in [6, 6.07) is 0. The first-order chi connectivity index (χ1) is 6.45. The monoisotopic (exact) mass is 192 g/mol. The summed E-state index contributed by atoms with van der Waals surface area (Å²) in [6.45, 7) is 8.80. The Morgan fingerprint density at radius 2 is 2.07 bits per heavy atom. The van der Waals surface area contributed by atoms with Gasteiger partial charge >= 0.3 is 0 Å². The Balaban J connectivity index is 2.49. The predicted molar refractivity (Wildman–Crippen MR) is 58.0 cm³/mol. The van der Waals surface area contributed by atoms with E-state index in [1.54, 1.807) is 0 Å². The summed E-state index contributed by atoms with van der Waals surface area (Å²) in [5.74, 6) is 0.959. The van der Waals surface area contributed by atoms with E-state index < -0.39 is 0 Å². The molecule has 14 heavy (non-hydrogen) atoms. The number of carbonyl (C=O) groups is 1. The molecule has 78 valence electrons. The third-order valence-electron chi connectivity index (χ3n) is 4.79. The SMILES string of the molecule is CC/C=C1\C(=O)[C@]2(C)CC[C@H]1C2(C)C. The third kappa shape index (κ3) is 0.884. The van der Waals surface area contributed by atoms with Crippen LogP contribution in [-0.2, 0) is 4.79 Å². The minimum atomic E-state index is -0.0708. The largest absolute Gasteiger partial charge is 0.294 e. The van der Waals surface area contributed by atoms with Crippen molar-refractivity contribution < 1.29 is 4.79 Å². The zero-order valence-corrected chi connectivity index (χ0v) is 9.68. The number of ketones is 1. The van der Waals surface area contributed by atoms with Crippen LogP contribution >= 0.6 is 0 Å². The molecule has 2 aliphatic carbocycles. The van der Waals surface area contributed by atoms with Crippen molar-refractivity contribution in [2.45, 2.75) is 47.0 Å². The second kappa shape index (κ2) is 2.71. The van der Waals surface area contributed by atoms with E-state index in [0.29, 0.717) is 11.7 Å². The summed E-state index contributed by atoms with van der Waals surface area (Å²) < 4.78 is 0. The van der Waals surface area contributed by atoms with Crippen molar-refractivity contribution in [3.05, 3.63) is 11.6 Å². The van der Waals surface area contributed by atoms with Crippen LogP contribution in [0, 0.1) is 16.7 Å². The lowest BCUT2D eigenvalue weighted by molar-refractivity contribution is -0.125. The van der Waals surface area contributed by atoms with Crippen LogP contribution in [0.4, 0.5) is 0 Å². The zero-order valence-electron chi connectivity index (χ0n) is 9.68. The fourth-order valence-electron chi connectivity index (χ4n) is 3.38. The fourth-order valence-corrected chi connectivity index (χ4v) is 3.38. The molecule has 2 rings (SSSR count). The first-order valence-corrected chi connectivity index (χ1v) is 5.70. The lowest BCUT2D eigenvalue weighted by Crippen LogP contribution is -2.32. The van der Waals surface area contributed by atoms with E-state index in [9.17, 15) is 4.79 Å². The molecule has 0 amide bonds. The number of Topliss-reactive ketones (excluding diaryl/α,β-unsaturated/α-hetero) is 1. The molecule has 0 N–H and O–H groups in total. The van der Waals surface area contributed by atoms with Gasteiger partial charge in [-0.2, -0.15) is 0 Å². The zero-order chi connectivity index (χ0) is 10.6. The van der Waals surface area contributed by atoms with Crippen molar-refractivity contribution in [1.29, 1.82) is 0 Å². The van der Waals surface area contributed by atoms with Gasteiger partial charge in [-0.05, 0) is 36.2 Å². The normalized spacial score (nSPS) is 42.4. The lowest BCUT2D eigenvalue weighted by atomic mass is 9.70. The van der Waals surface area contributed by atoms with Crippen LogP contribution in [0.25, 0.3) is 0 Å². The van der Waals surface area contributed by atoms with E-state index in [1.807, 2.05) is 0 Å². The van der Waals surface area contributed by atoms with Gasteiger partial charge in [-0.15, -0.1) is 0 Å². The van der Waals surface area contributed by atoms with Crippen molar-refractivity contribution in [2.75, 3.05) is 0 Å². The van der Waals surface area contributed by atoms with Gasteiger partial charge in [-0.25, -0.2) is 0 Å². The Bertz CT molecular complexity index is 311. The molecule has 2 atom stereocenters. The Morgan fingerprint density at radius 3 is 2.50 bits per heavy atom. The van der Waals surface area contributed by atoms with Crippen molar-refractivity contribution in [1.82, 2.24) is 0 Å². The van der Waals surface area contributed by atoms with E-state index in [4.69, 9.17) is 0 Å². The molecule has 0 aliphatic heterocycles. The van der Waals surface area contributed by atoms with Crippen LogP contribution in [0.1, 0.15) is 47.0 Å². The summed E-state index contributed by atoms with van der Waals surface area (Å²) in [4.78, 5) is 12.2. The van der Waals surface area contributed by atoms with Crippen LogP contribution in [0.5, 0.6) is 0 Å². The molecule has 0 unspecified atom stereocenters. The smallest absolute Gasteiger partial charge is 0.165 e. The van der Waals surface area contributed by atoms with Crippen LogP contribution in [0.3, 0.4) is 0 Å². The number of hydrogen-bond donors (Lipinski definition) is 0. The van der Waals surface area contributed by atoms with Gasteiger partial charge < -0.3 is 0 Å². The van der Waals surface area contributed by atoms with Crippen LogP contribution < -0.4 is 0 Å². The van der Waals surface area contributed by atoms with Gasteiger partial charge in [0.15, 0.2) is 5.78 Å².